The zero-order valence-corrected chi connectivity index (χ0v) is 27.7. The number of ether oxygens (including phenoxy) is 1. The number of ketones is 2. The first-order valence-corrected chi connectivity index (χ1v) is 16.8. The fraction of sp³-hybridized carbons (Fsp3) is 0.757. The number of carbonyl (C=O) groups excluding carboxylic acids is 3. The van der Waals surface area contributed by atoms with Gasteiger partial charge in [0.1, 0.15) is 18.2 Å². The van der Waals surface area contributed by atoms with Crippen molar-refractivity contribution >= 4 is 17.5 Å². The first kappa shape index (κ1) is 30.6. The average Bonchev–Trinajstić information content (AvgIpc) is 3.24. The molecule has 0 saturated heterocycles. The van der Waals surface area contributed by atoms with E-state index >= 15 is 0 Å². The molecule has 4 fully saturated rings. The van der Waals surface area contributed by atoms with Crippen LogP contribution < -0.4 is 0 Å². The van der Waals surface area contributed by atoms with Crippen LogP contribution in [-0.4, -0.2) is 33.6 Å². The molecule has 0 N–H and O–H groups in total. The molecule has 43 heavy (non-hydrogen) atoms. The molecule has 1 aromatic rings. The molecule has 0 unspecified atom stereocenters. The van der Waals surface area contributed by atoms with Gasteiger partial charge in [0.2, 0.25) is 0 Å². The molecule has 6 nitrogen and oxygen atoms in total. The van der Waals surface area contributed by atoms with E-state index in [2.05, 4.69) is 58.4 Å². The normalized spacial score (nSPS) is 41.7. The van der Waals surface area contributed by atoms with Crippen LogP contribution in [0.2, 0.25) is 0 Å². The molecular weight excluding hydrogens is 536 g/mol. The third-order valence-electron chi connectivity index (χ3n) is 14.2. The van der Waals surface area contributed by atoms with Crippen molar-refractivity contribution in [2.45, 2.75) is 126 Å². The summed E-state index contributed by atoms with van der Waals surface area (Å²) in [6, 6.07) is 1.83. The minimum atomic E-state index is -0.694. The Bertz CT molecular complexity index is 1370. The van der Waals surface area contributed by atoms with Crippen LogP contribution in [0.5, 0.6) is 0 Å². The summed E-state index contributed by atoms with van der Waals surface area (Å²) >= 11 is 0. The predicted molar refractivity (Wildman–Crippen MR) is 166 cm³/mol. The molecule has 1 heterocycles. The first-order chi connectivity index (χ1) is 20.1. The Balaban J connectivity index is 1.39. The van der Waals surface area contributed by atoms with Gasteiger partial charge in [0.15, 0.2) is 5.78 Å². The van der Waals surface area contributed by atoms with Crippen LogP contribution in [0.15, 0.2) is 29.7 Å². The van der Waals surface area contributed by atoms with Crippen molar-refractivity contribution in [1.29, 1.82) is 0 Å². The Morgan fingerprint density at radius 1 is 0.953 bits per heavy atom. The number of Topliss-reactive ketones (excluding diaryl/α,β-unsaturated/α-hetero) is 2. The molecule has 5 aliphatic carbocycles. The summed E-state index contributed by atoms with van der Waals surface area (Å²) < 4.78 is 5.92. The van der Waals surface area contributed by atoms with Crippen molar-refractivity contribution in [2.75, 3.05) is 0 Å². The molecule has 0 aromatic carbocycles. The summed E-state index contributed by atoms with van der Waals surface area (Å²) in [5, 5.41) is 0. The smallest absolute Gasteiger partial charge is 0.302 e. The second kappa shape index (κ2) is 10.1. The molecule has 6 rings (SSSR count). The number of hydrogen-bond acceptors (Lipinski definition) is 6. The summed E-state index contributed by atoms with van der Waals surface area (Å²) in [4.78, 5) is 48.6. The number of allylic oxidation sites excluding steroid dienone is 2. The number of fused-ring (bicyclic) bond motifs is 7. The van der Waals surface area contributed by atoms with E-state index in [1.54, 1.807) is 13.1 Å². The Morgan fingerprint density at radius 3 is 2.35 bits per heavy atom. The Kier molecular flexibility index (Phi) is 7.18. The standard InChI is InChI=1S/C37H52N2O4/c1-22(2)31-26(41)20-37(29(42)19-24-13-18-38-21-39-24)17-16-35(7)25(32(31)37)9-10-28-34(6)14-12-30(43-23(3)40)33(4,5)27(34)11-15-36(28,35)8/h13,18,21-22,25,27-28,30H,9-12,14-17,19-20H2,1-8H3/t25-,27+,28-,30+,34+,35-,36-,37+/m1/s1. The van der Waals surface area contributed by atoms with Gasteiger partial charge in [-0.15, -0.1) is 0 Å². The molecular formula is C37H52N2O4. The van der Waals surface area contributed by atoms with Gasteiger partial charge in [-0.1, -0.05) is 48.5 Å². The summed E-state index contributed by atoms with van der Waals surface area (Å²) in [6.45, 7) is 18.1. The van der Waals surface area contributed by atoms with Crippen molar-refractivity contribution < 1.29 is 19.1 Å². The van der Waals surface area contributed by atoms with Gasteiger partial charge in [0.05, 0.1) is 11.1 Å². The van der Waals surface area contributed by atoms with E-state index in [0.717, 1.165) is 62.6 Å². The van der Waals surface area contributed by atoms with Gasteiger partial charge in [-0.2, -0.15) is 0 Å². The molecule has 0 radical (unpaired) electrons. The van der Waals surface area contributed by atoms with E-state index in [1.165, 1.54) is 11.9 Å². The zero-order chi connectivity index (χ0) is 31.2. The highest BCUT2D eigenvalue weighted by Crippen LogP contribution is 2.76. The molecule has 0 bridgehead atoms. The monoisotopic (exact) mass is 588 g/mol. The number of hydrogen-bond donors (Lipinski definition) is 0. The minimum absolute atomic E-state index is 0.0135. The number of carbonyl (C=O) groups is 3. The summed E-state index contributed by atoms with van der Waals surface area (Å²) in [6.07, 6.45) is 11.9. The number of aromatic nitrogens is 2. The molecule has 0 spiro atoms. The fourth-order valence-corrected chi connectivity index (χ4v) is 12.1. The molecule has 0 aliphatic heterocycles. The van der Waals surface area contributed by atoms with E-state index in [-0.39, 0.29) is 63.6 Å². The minimum Gasteiger partial charge on any atom is -0.462 e. The molecule has 234 valence electrons. The summed E-state index contributed by atoms with van der Waals surface area (Å²) in [5.41, 5.74) is 2.43. The Hall–Kier alpha value is -2.37. The lowest BCUT2D eigenvalue weighted by molar-refractivity contribution is -0.232. The van der Waals surface area contributed by atoms with E-state index < -0.39 is 5.41 Å². The van der Waals surface area contributed by atoms with Crippen LogP contribution >= 0.6 is 0 Å². The summed E-state index contributed by atoms with van der Waals surface area (Å²) in [7, 11) is 0. The van der Waals surface area contributed by atoms with Gasteiger partial charge >= 0.3 is 5.97 Å². The van der Waals surface area contributed by atoms with Crippen molar-refractivity contribution in [1.82, 2.24) is 9.97 Å². The van der Waals surface area contributed by atoms with Gasteiger partial charge in [-0.25, -0.2) is 9.97 Å². The van der Waals surface area contributed by atoms with Gasteiger partial charge < -0.3 is 4.74 Å². The highest BCUT2D eigenvalue weighted by Gasteiger charge is 2.70. The maximum absolute atomic E-state index is 14.4. The molecule has 6 heteroatoms. The zero-order valence-electron chi connectivity index (χ0n) is 27.7. The van der Waals surface area contributed by atoms with E-state index in [0.29, 0.717) is 18.3 Å². The molecule has 5 aliphatic rings. The maximum atomic E-state index is 14.4. The van der Waals surface area contributed by atoms with Crippen molar-refractivity contribution in [3.8, 4) is 0 Å². The van der Waals surface area contributed by atoms with Gasteiger partial charge in [-0.05, 0) is 108 Å². The lowest BCUT2D eigenvalue weighted by Crippen LogP contribution is -2.66. The van der Waals surface area contributed by atoms with Crippen LogP contribution in [-0.2, 0) is 25.5 Å². The van der Waals surface area contributed by atoms with Gasteiger partial charge in [-0.3, -0.25) is 14.4 Å². The highest BCUT2D eigenvalue weighted by molar-refractivity contribution is 6.07. The van der Waals surface area contributed by atoms with E-state index in [4.69, 9.17) is 4.74 Å². The lowest BCUT2D eigenvalue weighted by atomic mass is 9.33. The molecule has 8 atom stereocenters. The molecule has 1 aromatic heterocycles. The first-order valence-electron chi connectivity index (χ1n) is 16.8. The fourth-order valence-electron chi connectivity index (χ4n) is 12.1. The Labute approximate surface area is 258 Å². The van der Waals surface area contributed by atoms with Crippen LogP contribution in [0.4, 0.5) is 0 Å². The van der Waals surface area contributed by atoms with Crippen LogP contribution in [0.3, 0.4) is 0 Å². The summed E-state index contributed by atoms with van der Waals surface area (Å²) in [5.74, 6) is 1.59. The predicted octanol–water partition coefficient (Wildman–Crippen LogP) is 7.50. The maximum Gasteiger partial charge on any atom is 0.302 e. The molecule has 0 amide bonds. The third-order valence-corrected chi connectivity index (χ3v) is 14.2. The van der Waals surface area contributed by atoms with E-state index in [9.17, 15) is 14.4 Å². The lowest BCUT2D eigenvalue weighted by Gasteiger charge is -2.72. The highest BCUT2D eigenvalue weighted by atomic mass is 16.5. The quantitative estimate of drug-likeness (QED) is 0.331. The van der Waals surface area contributed by atoms with Crippen molar-refractivity contribution in [2.24, 2.45) is 50.7 Å². The average molecular weight is 589 g/mol. The van der Waals surface area contributed by atoms with Crippen LogP contribution in [0.1, 0.15) is 119 Å². The topological polar surface area (TPSA) is 86.2 Å². The van der Waals surface area contributed by atoms with Gasteiger partial charge in [0.25, 0.3) is 0 Å². The third kappa shape index (κ3) is 4.20. The Morgan fingerprint density at radius 2 is 1.70 bits per heavy atom. The number of rotatable bonds is 5. The SMILES string of the molecule is CC(=O)O[C@H]1CC[C@]2(C)[C@H]3CC[C@@H]4C5=C(C(C)C)C(=O)C[C@]5(C(=O)Cc5ccncn5)CC[C@@]4(C)[C@]3(C)CC[C@H]2C1(C)C. The van der Waals surface area contributed by atoms with Crippen molar-refractivity contribution in [3.05, 3.63) is 35.4 Å². The van der Waals surface area contributed by atoms with Crippen LogP contribution in [0, 0.1) is 50.7 Å². The largest absolute Gasteiger partial charge is 0.462 e. The number of esters is 1. The van der Waals surface area contributed by atoms with E-state index in [1.807, 2.05) is 6.07 Å². The van der Waals surface area contributed by atoms with Crippen molar-refractivity contribution in [3.63, 3.8) is 0 Å². The second-order valence-electron chi connectivity index (χ2n) is 16.5. The molecule has 4 saturated carbocycles. The van der Waals surface area contributed by atoms with Crippen LogP contribution in [0.25, 0.3) is 0 Å². The number of nitrogens with zero attached hydrogens (tertiary/aromatic N) is 2. The van der Waals surface area contributed by atoms with Gasteiger partial charge in [0, 0.05) is 31.4 Å². The second-order valence-corrected chi connectivity index (χ2v) is 16.5.